The highest BCUT2D eigenvalue weighted by molar-refractivity contribution is 7.80. The Morgan fingerprint density at radius 3 is 2.46 bits per heavy atom. The Morgan fingerprint density at radius 1 is 1.00 bits per heavy atom. The monoisotopic (exact) mass is 402 g/mol. The fraction of sp³-hybridized carbons (Fsp3) is 0.381. The lowest BCUT2D eigenvalue weighted by atomic mass is 10.1. The second kappa shape index (κ2) is 9.50. The van der Waals surface area contributed by atoms with Gasteiger partial charge in [0.15, 0.2) is 28.1 Å². The van der Waals surface area contributed by atoms with Crippen molar-refractivity contribution in [3.8, 4) is 23.0 Å². The van der Waals surface area contributed by atoms with Crippen molar-refractivity contribution in [3.63, 3.8) is 0 Å². The van der Waals surface area contributed by atoms with E-state index in [2.05, 4.69) is 10.6 Å². The van der Waals surface area contributed by atoms with Gasteiger partial charge in [-0.25, -0.2) is 0 Å². The SMILES string of the molecule is CCOc1ccc([C@H](C)NC(=S)Nc2ccc3c(c2)OCCO3)cc1OCC. The van der Waals surface area contributed by atoms with Crippen molar-refractivity contribution in [1.82, 2.24) is 5.32 Å². The Bertz CT molecular complexity index is 828. The lowest BCUT2D eigenvalue weighted by Gasteiger charge is -2.21. The molecule has 1 aliphatic heterocycles. The smallest absolute Gasteiger partial charge is 0.171 e. The van der Waals surface area contributed by atoms with Crippen LogP contribution in [0.5, 0.6) is 23.0 Å². The molecule has 0 aromatic heterocycles. The van der Waals surface area contributed by atoms with Gasteiger partial charge in [-0.2, -0.15) is 0 Å². The molecule has 0 fully saturated rings. The summed E-state index contributed by atoms with van der Waals surface area (Å²) in [6, 6.07) is 11.6. The predicted molar refractivity (Wildman–Crippen MR) is 114 cm³/mol. The summed E-state index contributed by atoms with van der Waals surface area (Å²) in [5.74, 6) is 2.96. The molecule has 0 aliphatic carbocycles. The number of rotatable bonds is 7. The average Bonchev–Trinajstić information content (AvgIpc) is 2.69. The van der Waals surface area contributed by atoms with Crippen LogP contribution >= 0.6 is 12.2 Å². The Labute approximate surface area is 171 Å². The van der Waals surface area contributed by atoms with Crippen LogP contribution in [0.1, 0.15) is 32.4 Å². The quantitative estimate of drug-likeness (QED) is 0.670. The van der Waals surface area contributed by atoms with Gasteiger partial charge in [0.2, 0.25) is 0 Å². The van der Waals surface area contributed by atoms with E-state index in [1.807, 2.05) is 57.2 Å². The molecule has 3 rings (SSSR count). The first-order valence-electron chi connectivity index (χ1n) is 9.47. The van der Waals surface area contributed by atoms with Crippen LogP contribution in [0.15, 0.2) is 36.4 Å². The third kappa shape index (κ3) is 4.98. The third-order valence-electron chi connectivity index (χ3n) is 4.22. The molecule has 0 saturated heterocycles. The molecule has 1 heterocycles. The highest BCUT2D eigenvalue weighted by atomic mass is 32.1. The molecule has 150 valence electrons. The first kappa shape index (κ1) is 20.1. The van der Waals surface area contributed by atoms with Gasteiger partial charge in [-0.1, -0.05) is 6.07 Å². The van der Waals surface area contributed by atoms with Crippen LogP contribution in [-0.2, 0) is 0 Å². The molecule has 2 aromatic carbocycles. The van der Waals surface area contributed by atoms with Gasteiger partial charge >= 0.3 is 0 Å². The summed E-state index contributed by atoms with van der Waals surface area (Å²) in [6.07, 6.45) is 0. The van der Waals surface area contributed by atoms with Crippen LogP contribution in [0, 0.1) is 0 Å². The summed E-state index contributed by atoms with van der Waals surface area (Å²) in [5.41, 5.74) is 1.90. The zero-order valence-corrected chi connectivity index (χ0v) is 17.2. The Hall–Kier alpha value is -2.67. The average molecular weight is 403 g/mol. The van der Waals surface area contributed by atoms with Crippen LogP contribution in [-0.4, -0.2) is 31.5 Å². The molecule has 0 bridgehead atoms. The maximum atomic E-state index is 5.71. The Balaban J connectivity index is 1.64. The maximum Gasteiger partial charge on any atom is 0.171 e. The van der Waals surface area contributed by atoms with Gasteiger partial charge in [-0.3, -0.25) is 0 Å². The molecular formula is C21H26N2O4S. The molecule has 0 unspecified atom stereocenters. The summed E-state index contributed by atoms with van der Waals surface area (Å²) in [5, 5.41) is 7.01. The Kier molecular flexibility index (Phi) is 6.81. The van der Waals surface area contributed by atoms with Gasteiger partial charge in [0.25, 0.3) is 0 Å². The number of fused-ring (bicyclic) bond motifs is 1. The third-order valence-corrected chi connectivity index (χ3v) is 4.44. The van der Waals surface area contributed by atoms with Crippen molar-refractivity contribution in [2.45, 2.75) is 26.8 Å². The number of thiocarbonyl (C=S) groups is 1. The number of hydrogen-bond donors (Lipinski definition) is 2. The van der Waals surface area contributed by atoms with Crippen molar-refractivity contribution in [2.75, 3.05) is 31.7 Å². The summed E-state index contributed by atoms with van der Waals surface area (Å²) < 4.78 is 22.5. The van der Waals surface area contributed by atoms with Gasteiger partial charge in [-0.05, 0) is 62.8 Å². The second-order valence-corrected chi connectivity index (χ2v) is 6.66. The molecule has 0 amide bonds. The van der Waals surface area contributed by atoms with Gasteiger partial charge in [0.05, 0.1) is 19.3 Å². The van der Waals surface area contributed by atoms with Crippen LogP contribution in [0.3, 0.4) is 0 Å². The number of anilines is 1. The van der Waals surface area contributed by atoms with Crippen LogP contribution in [0.4, 0.5) is 5.69 Å². The largest absolute Gasteiger partial charge is 0.490 e. The zero-order chi connectivity index (χ0) is 19.9. The van der Waals surface area contributed by atoms with E-state index in [0.717, 1.165) is 34.2 Å². The molecule has 1 aliphatic rings. The van der Waals surface area contributed by atoms with Crippen molar-refractivity contribution >= 4 is 23.0 Å². The van der Waals surface area contributed by atoms with Crippen LogP contribution in [0.2, 0.25) is 0 Å². The van der Waals surface area contributed by atoms with E-state index in [0.29, 0.717) is 31.5 Å². The molecular weight excluding hydrogens is 376 g/mol. The van der Waals surface area contributed by atoms with E-state index < -0.39 is 0 Å². The molecule has 1 atom stereocenters. The molecule has 7 heteroatoms. The molecule has 0 saturated carbocycles. The lowest BCUT2D eigenvalue weighted by molar-refractivity contribution is 0.171. The lowest BCUT2D eigenvalue weighted by Crippen LogP contribution is -2.31. The number of hydrogen-bond acceptors (Lipinski definition) is 5. The highest BCUT2D eigenvalue weighted by Gasteiger charge is 2.14. The van der Waals surface area contributed by atoms with E-state index in [-0.39, 0.29) is 6.04 Å². The number of nitrogens with one attached hydrogen (secondary N) is 2. The zero-order valence-electron chi connectivity index (χ0n) is 16.4. The standard InChI is InChI=1S/C21H26N2O4S/c1-4-24-17-8-6-15(12-19(17)25-5-2)14(3)22-21(28)23-16-7-9-18-20(13-16)27-11-10-26-18/h6-9,12-14H,4-5,10-11H2,1-3H3,(H2,22,23,28)/t14-/m0/s1. The molecule has 28 heavy (non-hydrogen) atoms. The summed E-state index contributed by atoms with van der Waals surface area (Å²) in [6.45, 7) is 8.25. The first-order valence-corrected chi connectivity index (χ1v) is 9.88. The van der Waals surface area contributed by atoms with Crippen LogP contribution in [0.25, 0.3) is 0 Å². The summed E-state index contributed by atoms with van der Waals surface area (Å²) in [7, 11) is 0. The van der Waals surface area contributed by atoms with Gasteiger partial charge < -0.3 is 29.6 Å². The predicted octanol–water partition coefficient (Wildman–Crippen LogP) is 4.30. The second-order valence-electron chi connectivity index (χ2n) is 6.25. The van der Waals surface area contributed by atoms with Gasteiger partial charge in [-0.15, -0.1) is 0 Å². The summed E-state index contributed by atoms with van der Waals surface area (Å²) >= 11 is 5.47. The van der Waals surface area contributed by atoms with Gasteiger partial charge in [0.1, 0.15) is 13.2 Å². The minimum atomic E-state index is -0.00732. The molecule has 6 nitrogen and oxygen atoms in total. The van der Waals surface area contributed by atoms with Crippen molar-refractivity contribution in [2.24, 2.45) is 0 Å². The molecule has 0 spiro atoms. The topological polar surface area (TPSA) is 61.0 Å². The van der Waals surface area contributed by atoms with E-state index in [1.54, 1.807) is 0 Å². The van der Waals surface area contributed by atoms with Gasteiger partial charge in [0, 0.05) is 11.8 Å². The fourth-order valence-corrected chi connectivity index (χ4v) is 3.20. The maximum absolute atomic E-state index is 5.71. The van der Waals surface area contributed by atoms with Crippen molar-refractivity contribution in [3.05, 3.63) is 42.0 Å². The highest BCUT2D eigenvalue weighted by Crippen LogP contribution is 2.33. The van der Waals surface area contributed by atoms with E-state index >= 15 is 0 Å². The van der Waals surface area contributed by atoms with E-state index in [1.165, 1.54) is 0 Å². The number of benzene rings is 2. The van der Waals surface area contributed by atoms with Crippen molar-refractivity contribution in [1.29, 1.82) is 0 Å². The summed E-state index contributed by atoms with van der Waals surface area (Å²) in [4.78, 5) is 0. The Morgan fingerprint density at radius 2 is 1.71 bits per heavy atom. The first-order chi connectivity index (χ1) is 13.6. The van der Waals surface area contributed by atoms with Crippen molar-refractivity contribution < 1.29 is 18.9 Å². The number of ether oxygens (including phenoxy) is 4. The van der Waals surface area contributed by atoms with Crippen LogP contribution < -0.4 is 29.6 Å². The molecule has 0 radical (unpaired) electrons. The minimum absolute atomic E-state index is 0.00732. The normalized spacial score (nSPS) is 13.4. The molecule has 2 aromatic rings. The fourth-order valence-electron chi connectivity index (χ4n) is 2.91. The minimum Gasteiger partial charge on any atom is -0.490 e. The van der Waals surface area contributed by atoms with E-state index in [4.69, 9.17) is 31.2 Å². The van der Waals surface area contributed by atoms with E-state index in [9.17, 15) is 0 Å². The molecule has 2 N–H and O–H groups in total.